The number of carbonyl (C=O) groups is 2. The van der Waals surface area contributed by atoms with Crippen LogP contribution in [-0.4, -0.2) is 27.1 Å². The summed E-state index contributed by atoms with van der Waals surface area (Å²) in [6.45, 7) is 0. The molecule has 0 aliphatic carbocycles. The smallest absolute Gasteiger partial charge is 0.341 e. The van der Waals surface area contributed by atoms with Crippen molar-refractivity contribution < 1.29 is 29.1 Å². The summed E-state index contributed by atoms with van der Waals surface area (Å²) in [7, 11) is 0. The molecule has 1 rings (SSSR count). The molecule has 9 heteroatoms. The quantitative estimate of drug-likeness (QED) is 0.371. The number of nitrogens with zero attached hydrogens (tertiary/aromatic N) is 1. The van der Waals surface area contributed by atoms with Gasteiger partial charge >= 0.3 is 17.6 Å². The molecule has 0 unspecified atom stereocenters. The molecular formula is C9H5ClFNO6. The molecule has 0 saturated carbocycles. The first kappa shape index (κ1) is 13.8. The Morgan fingerprint density at radius 2 is 1.83 bits per heavy atom. The number of hydrogen-bond donors (Lipinski definition) is 2. The number of carboxylic acids is 2. The summed E-state index contributed by atoms with van der Waals surface area (Å²) in [6, 6.07) is 1.83. The van der Waals surface area contributed by atoms with Crippen molar-refractivity contribution in [3.63, 3.8) is 0 Å². The largest absolute Gasteiger partial charge is 0.479 e. The van der Waals surface area contributed by atoms with E-state index in [4.69, 9.17) is 21.8 Å². The Bertz CT molecular complexity index is 532. The zero-order valence-corrected chi connectivity index (χ0v) is 9.22. The van der Waals surface area contributed by atoms with Crippen LogP contribution in [0.15, 0.2) is 18.2 Å². The third kappa shape index (κ3) is 2.09. The number of benzene rings is 1. The number of alkyl halides is 1. The minimum atomic E-state index is -2.89. The molecule has 0 spiro atoms. The molecule has 0 aliphatic rings. The highest BCUT2D eigenvalue weighted by molar-refractivity contribution is 6.43. The normalized spacial score (nSPS) is 11.0. The van der Waals surface area contributed by atoms with E-state index >= 15 is 0 Å². The van der Waals surface area contributed by atoms with Gasteiger partial charge in [0.05, 0.1) is 4.92 Å². The van der Waals surface area contributed by atoms with Gasteiger partial charge in [-0.05, 0) is 17.7 Å². The number of nitro groups is 1. The van der Waals surface area contributed by atoms with Crippen LogP contribution < -0.4 is 0 Å². The van der Waals surface area contributed by atoms with Gasteiger partial charge in [0.1, 0.15) is 0 Å². The maximum absolute atomic E-state index is 13.3. The standard InChI is InChI=1S/C9H5ClFNO6/c10-9(7(13)14,8(15)16)4-1-2-6(12(17)18)5(11)3-4/h1-3H,(H,13,14)(H,15,16). The average Bonchev–Trinajstić information content (AvgIpc) is 2.26. The minimum absolute atomic E-state index is 0.410. The summed E-state index contributed by atoms with van der Waals surface area (Å²) in [6.07, 6.45) is 0. The number of hydrogen-bond acceptors (Lipinski definition) is 4. The van der Waals surface area contributed by atoms with Crippen LogP contribution in [0.3, 0.4) is 0 Å². The van der Waals surface area contributed by atoms with Crippen molar-refractivity contribution >= 4 is 29.2 Å². The van der Waals surface area contributed by atoms with Gasteiger partial charge in [-0.25, -0.2) is 9.59 Å². The van der Waals surface area contributed by atoms with Crippen molar-refractivity contribution in [3.05, 3.63) is 39.7 Å². The van der Waals surface area contributed by atoms with E-state index in [1.807, 2.05) is 0 Å². The second kappa shape index (κ2) is 4.57. The topological polar surface area (TPSA) is 118 Å². The molecule has 0 saturated heterocycles. The summed E-state index contributed by atoms with van der Waals surface area (Å²) in [5.41, 5.74) is -1.53. The van der Waals surface area contributed by atoms with Crippen LogP contribution in [-0.2, 0) is 14.5 Å². The molecule has 0 fully saturated rings. The third-order valence-electron chi connectivity index (χ3n) is 2.13. The van der Waals surface area contributed by atoms with Crippen molar-refractivity contribution in [2.75, 3.05) is 0 Å². The number of rotatable bonds is 4. The molecule has 18 heavy (non-hydrogen) atoms. The van der Waals surface area contributed by atoms with E-state index in [9.17, 15) is 24.1 Å². The molecule has 0 atom stereocenters. The highest BCUT2D eigenvalue weighted by Gasteiger charge is 2.47. The van der Waals surface area contributed by atoms with Crippen molar-refractivity contribution in [1.29, 1.82) is 0 Å². The second-order valence-corrected chi connectivity index (χ2v) is 3.76. The van der Waals surface area contributed by atoms with E-state index in [1.54, 1.807) is 0 Å². The van der Waals surface area contributed by atoms with E-state index in [1.165, 1.54) is 0 Å². The lowest BCUT2D eigenvalue weighted by Crippen LogP contribution is -2.38. The molecule has 0 bridgehead atoms. The lowest BCUT2D eigenvalue weighted by molar-refractivity contribution is -0.387. The third-order valence-corrected chi connectivity index (χ3v) is 2.67. The molecular weight excluding hydrogens is 273 g/mol. The number of nitro benzene ring substituents is 1. The van der Waals surface area contributed by atoms with Crippen LogP contribution in [0.25, 0.3) is 0 Å². The zero-order chi connectivity index (χ0) is 14.1. The first-order valence-electron chi connectivity index (χ1n) is 4.31. The van der Waals surface area contributed by atoms with E-state index in [0.29, 0.717) is 12.1 Å². The maximum Gasteiger partial charge on any atom is 0.341 e. The van der Waals surface area contributed by atoms with Gasteiger partial charge in [-0.1, -0.05) is 11.6 Å². The SMILES string of the molecule is O=C(O)C(Cl)(C(=O)O)c1ccc([N+](=O)[O-])c(F)c1. The lowest BCUT2D eigenvalue weighted by Gasteiger charge is -2.17. The fourth-order valence-corrected chi connectivity index (χ4v) is 1.33. The van der Waals surface area contributed by atoms with Crippen molar-refractivity contribution in [1.82, 2.24) is 0 Å². The maximum atomic E-state index is 13.3. The predicted octanol–water partition coefficient (Wildman–Crippen LogP) is 1.34. The number of carboxylic acid groups (broad SMARTS) is 2. The lowest BCUT2D eigenvalue weighted by atomic mass is 9.98. The summed E-state index contributed by atoms with van der Waals surface area (Å²) in [5.74, 6) is -5.22. The molecule has 0 amide bonds. The Morgan fingerprint density at radius 1 is 1.33 bits per heavy atom. The predicted molar refractivity (Wildman–Crippen MR) is 55.9 cm³/mol. The molecule has 0 heterocycles. The molecule has 7 nitrogen and oxygen atoms in total. The molecule has 2 N–H and O–H groups in total. The average molecular weight is 278 g/mol. The Morgan fingerprint density at radius 3 is 2.17 bits per heavy atom. The first-order valence-corrected chi connectivity index (χ1v) is 4.69. The second-order valence-electron chi connectivity index (χ2n) is 3.19. The van der Waals surface area contributed by atoms with Crippen LogP contribution in [0.1, 0.15) is 5.56 Å². The van der Waals surface area contributed by atoms with Gasteiger partial charge in [-0.2, -0.15) is 4.39 Å². The minimum Gasteiger partial charge on any atom is -0.479 e. The van der Waals surface area contributed by atoms with E-state index in [0.717, 1.165) is 6.07 Å². The van der Waals surface area contributed by atoms with Crippen molar-refractivity contribution in [2.45, 2.75) is 4.87 Å². The van der Waals surface area contributed by atoms with Crippen molar-refractivity contribution in [3.8, 4) is 0 Å². The number of aliphatic carboxylic acids is 2. The van der Waals surface area contributed by atoms with E-state index < -0.39 is 38.8 Å². The summed E-state index contributed by atoms with van der Waals surface area (Å²) < 4.78 is 13.3. The highest BCUT2D eigenvalue weighted by Crippen LogP contribution is 2.32. The van der Waals surface area contributed by atoms with Crippen LogP contribution >= 0.6 is 11.6 Å². The summed E-state index contributed by atoms with van der Waals surface area (Å²) in [5, 5.41) is 27.9. The van der Waals surface area contributed by atoms with Gasteiger partial charge in [0.2, 0.25) is 5.82 Å². The molecule has 0 radical (unpaired) electrons. The number of halogens is 2. The Kier molecular flexibility index (Phi) is 3.52. The van der Waals surface area contributed by atoms with Gasteiger partial charge in [-0.3, -0.25) is 10.1 Å². The van der Waals surface area contributed by atoms with E-state index in [2.05, 4.69) is 0 Å². The summed E-state index contributed by atoms with van der Waals surface area (Å²) >= 11 is 5.40. The van der Waals surface area contributed by atoms with Gasteiger partial charge in [0, 0.05) is 6.07 Å². The molecule has 1 aromatic carbocycles. The fourth-order valence-electron chi connectivity index (χ4n) is 1.21. The zero-order valence-electron chi connectivity index (χ0n) is 8.46. The summed E-state index contributed by atoms with van der Waals surface area (Å²) in [4.78, 5) is 28.1. The fraction of sp³-hybridized carbons (Fsp3) is 0.111. The van der Waals surface area contributed by atoms with E-state index in [-0.39, 0.29) is 0 Å². The first-order chi connectivity index (χ1) is 8.21. The molecule has 0 aromatic heterocycles. The molecule has 0 aliphatic heterocycles. The van der Waals surface area contributed by atoms with Crippen LogP contribution in [0.2, 0.25) is 0 Å². The van der Waals surface area contributed by atoms with Gasteiger partial charge in [-0.15, -0.1) is 0 Å². The van der Waals surface area contributed by atoms with Gasteiger partial charge in [0.25, 0.3) is 4.87 Å². The molecule has 96 valence electrons. The molecule has 1 aromatic rings. The van der Waals surface area contributed by atoms with Crippen LogP contribution in [0.4, 0.5) is 10.1 Å². The monoisotopic (exact) mass is 277 g/mol. The highest BCUT2D eigenvalue weighted by atomic mass is 35.5. The van der Waals surface area contributed by atoms with Crippen LogP contribution in [0.5, 0.6) is 0 Å². The Balaban J connectivity index is 3.42. The van der Waals surface area contributed by atoms with Crippen LogP contribution in [0, 0.1) is 15.9 Å². The Labute approximate surface area is 104 Å². The Hall–Kier alpha value is -2.22. The van der Waals surface area contributed by atoms with Gasteiger partial charge in [0.15, 0.2) is 0 Å². The van der Waals surface area contributed by atoms with Crippen molar-refractivity contribution in [2.24, 2.45) is 0 Å². The van der Waals surface area contributed by atoms with Gasteiger partial charge < -0.3 is 10.2 Å².